The molecule has 1 spiro atoms. The molecule has 4 nitrogen and oxygen atoms in total. The topological polar surface area (TPSA) is 53.5 Å². The third-order valence-electron chi connectivity index (χ3n) is 2.80. The first-order valence-corrected chi connectivity index (χ1v) is 8.35. The van der Waals surface area contributed by atoms with Gasteiger partial charge in [-0.1, -0.05) is 0 Å². The number of amidine groups is 1. The van der Waals surface area contributed by atoms with E-state index in [9.17, 15) is 4.79 Å². The molecule has 68 valence electrons. The Morgan fingerprint density at radius 2 is 2.15 bits per heavy atom. The van der Waals surface area contributed by atoms with Gasteiger partial charge in [-0.15, -0.1) is 0 Å². The third-order valence-corrected chi connectivity index (χ3v) is 4.44. The monoisotopic (exact) mass is 255 g/mol. The van der Waals surface area contributed by atoms with Gasteiger partial charge in [0.25, 0.3) is 0 Å². The second-order valence-corrected chi connectivity index (χ2v) is 5.39. The van der Waals surface area contributed by atoms with E-state index in [1.54, 1.807) is 0 Å². The molecule has 0 aromatic heterocycles. The Morgan fingerprint density at radius 3 is 2.69 bits per heavy atom. The van der Waals surface area contributed by atoms with Gasteiger partial charge in [0.2, 0.25) is 0 Å². The van der Waals surface area contributed by atoms with Crippen LogP contribution in [-0.2, 0) is 4.79 Å². The molecule has 0 aromatic rings. The fraction of sp³-hybridized carbons (Fsp3) is 0.750. The Balaban J connectivity index is 2.20. The SMILES string of the molecule is O=C1NC([CH2][SrH])=NC12CCNCC2. The van der Waals surface area contributed by atoms with Gasteiger partial charge in [-0.05, 0) is 0 Å². The van der Waals surface area contributed by atoms with Crippen LogP contribution in [0.5, 0.6) is 0 Å². The molecular weight excluding hydrogens is 242 g/mol. The van der Waals surface area contributed by atoms with Crippen molar-refractivity contribution < 1.29 is 4.79 Å². The fourth-order valence-corrected chi connectivity index (χ4v) is 2.75. The summed E-state index contributed by atoms with van der Waals surface area (Å²) in [5, 5.41) is 6.15. The number of hydrogen-bond acceptors (Lipinski definition) is 3. The van der Waals surface area contributed by atoms with Gasteiger partial charge in [0.05, 0.1) is 0 Å². The van der Waals surface area contributed by atoms with Crippen LogP contribution >= 0.6 is 0 Å². The molecule has 0 radical (unpaired) electrons. The molecule has 1 fully saturated rings. The molecule has 0 bridgehead atoms. The second-order valence-electron chi connectivity index (χ2n) is 3.65. The van der Waals surface area contributed by atoms with Gasteiger partial charge >= 0.3 is 108 Å². The fourth-order valence-electron chi connectivity index (χ4n) is 1.93. The molecule has 0 aliphatic carbocycles. The molecule has 1 saturated heterocycles. The maximum absolute atomic E-state index is 11.7. The normalized spacial score (nSPS) is 25.8. The molecule has 0 atom stereocenters. The van der Waals surface area contributed by atoms with Crippen molar-refractivity contribution in [2.24, 2.45) is 4.99 Å². The van der Waals surface area contributed by atoms with Crippen LogP contribution in [0.2, 0.25) is 1.39 Å². The standard InChI is InChI=1S/C8H12N3O.Sr.H/c1-6-10-7(12)8(11-6)2-4-9-5-3-8;;/h9H,1-5H2,(H,10,11,12);;. The van der Waals surface area contributed by atoms with Crippen molar-refractivity contribution in [1.82, 2.24) is 10.6 Å². The summed E-state index contributed by atoms with van der Waals surface area (Å²) < 4.78 is 1.03. The average Bonchev–Trinajstić information content (AvgIpc) is 2.45. The first-order valence-electron chi connectivity index (χ1n) is 4.88. The molecule has 5 heteroatoms. The van der Waals surface area contributed by atoms with Crippen molar-refractivity contribution in [1.29, 1.82) is 0 Å². The van der Waals surface area contributed by atoms with Gasteiger partial charge in [0, 0.05) is 0 Å². The molecule has 13 heavy (non-hydrogen) atoms. The van der Waals surface area contributed by atoms with E-state index in [1.807, 2.05) is 0 Å². The molecule has 0 aromatic carbocycles. The summed E-state index contributed by atoms with van der Waals surface area (Å²) in [6.45, 7) is 1.83. The maximum atomic E-state index is 11.7. The minimum absolute atomic E-state index is 0.136. The van der Waals surface area contributed by atoms with E-state index >= 15 is 0 Å². The molecular formula is C8H13N3OSr. The second kappa shape index (κ2) is 3.98. The van der Waals surface area contributed by atoms with Gasteiger partial charge in [0.1, 0.15) is 0 Å². The summed E-state index contributed by atoms with van der Waals surface area (Å²) in [6.07, 6.45) is 1.72. The molecule has 2 rings (SSSR count). The van der Waals surface area contributed by atoms with Gasteiger partial charge in [-0.2, -0.15) is 0 Å². The van der Waals surface area contributed by atoms with Crippen LogP contribution in [0.15, 0.2) is 4.99 Å². The van der Waals surface area contributed by atoms with Crippen LogP contribution in [0.25, 0.3) is 0 Å². The van der Waals surface area contributed by atoms with E-state index in [2.05, 4.69) is 15.6 Å². The number of amides is 1. The minimum atomic E-state index is -0.386. The Bertz CT molecular complexity index is 258. The van der Waals surface area contributed by atoms with E-state index in [4.69, 9.17) is 0 Å². The first kappa shape index (κ1) is 10.1. The van der Waals surface area contributed by atoms with Crippen molar-refractivity contribution in [3.8, 4) is 0 Å². The zero-order valence-electron chi connectivity index (χ0n) is 7.89. The molecule has 0 unspecified atom stereocenters. The predicted molar refractivity (Wildman–Crippen MR) is 52.4 cm³/mol. The Hall–Kier alpha value is 0.581. The summed E-state index contributed by atoms with van der Waals surface area (Å²) in [5.74, 6) is 1.08. The van der Waals surface area contributed by atoms with Crippen molar-refractivity contribution in [2.45, 2.75) is 19.8 Å². The van der Waals surface area contributed by atoms with Crippen LogP contribution < -0.4 is 10.6 Å². The number of nitrogens with one attached hydrogen (secondary N) is 2. The van der Waals surface area contributed by atoms with E-state index in [0.29, 0.717) is 43.3 Å². The number of rotatable bonds is 1. The van der Waals surface area contributed by atoms with Crippen LogP contribution in [0.3, 0.4) is 0 Å². The zero-order valence-corrected chi connectivity index (χ0v) is 12.8. The number of aliphatic imine (C=N–C) groups is 1. The molecule has 2 aliphatic rings. The van der Waals surface area contributed by atoms with E-state index in [0.717, 1.165) is 33.2 Å². The van der Waals surface area contributed by atoms with Gasteiger partial charge in [-0.25, -0.2) is 0 Å². The number of hydrogen-bond donors (Lipinski definition) is 2. The Morgan fingerprint density at radius 1 is 1.46 bits per heavy atom. The van der Waals surface area contributed by atoms with Crippen molar-refractivity contribution in [3.05, 3.63) is 0 Å². The van der Waals surface area contributed by atoms with Crippen LogP contribution in [0, 0.1) is 0 Å². The zero-order chi connectivity index (χ0) is 9.31. The summed E-state index contributed by atoms with van der Waals surface area (Å²) in [4.78, 5) is 16.2. The summed E-state index contributed by atoms with van der Waals surface area (Å²) in [6, 6.07) is 0. The van der Waals surface area contributed by atoms with Crippen LogP contribution in [0.1, 0.15) is 12.8 Å². The van der Waals surface area contributed by atoms with Gasteiger partial charge in [0.15, 0.2) is 0 Å². The molecule has 0 saturated carbocycles. The third kappa shape index (κ3) is 1.85. The summed E-state index contributed by atoms with van der Waals surface area (Å²) in [7, 11) is 0. The van der Waals surface area contributed by atoms with Crippen molar-refractivity contribution in [2.75, 3.05) is 13.1 Å². The van der Waals surface area contributed by atoms with E-state index < -0.39 is 0 Å². The molecule has 2 N–H and O–H groups in total. The quantitative estimate of drug-likeness (QED) is 0.588. The van der Waals surface area contributed by atoms with Gasteiger partial charge in [-0.3, -0.25) is 0 Å². The molecule has 2 heterocycles. The number of carbonyl (C=O) groups excluding carboxylic acids is 1. The van der Waals surface area contributed by atoms with Gasteiger partial charge < -0.3 is 0 Å². The van der Waals surface area contributed by atoms with Crippen molar-refractivity contribution in [3.63, 3.8) is 0 Å². The van der Waals surface area contributed by atoms with Crippen molar-refractivity contribution >= 4 is 55.0 Å². The Kier molecular flexibility index (Phi) is 3.10. The van der Waals surface area contributed by atoms with E-state index in [1.165, 1.54) is 0 Å². The number of piperidine rings is 1. The molecule has 1 amide bonds. The summed E-state index contributed by atoms with van der Waals surface area (Å²) >= 11 is 0.580. The predicted octanol–water partition coefficient (Wildman–Crippen LogP) is -1.04. The van der Waals surface area contributed by atoms with E-state index in [-0.39, 0.29) is 11.4 Å². The Labute approximate surface area is 107 Å². The summed E-state index contributed by atoms with van der Waals surface area (Å²) in [5.41, 5.74) is -0.386. The number of nitrogens with zero attached hydrogens (tertiary/aromatic N) is 1. The van der Waals surface area contributed by atoms with Crippen LogP contribution in [-0.4, -0.2) is 73.6 Å². The van der Waals surface area contributed by atoms with Crippen LogP contribution in [0.4, 0.5) is 0 Å². The molecule has 2 aliphatic heterocycles. The first-order chi connectivity index (χ1) is 6.27. The average molecular weight is 255 g/mol. The number of carbonyl (C=O) groups is 1.